The summed E-state index contributed by atoms with van der Waals surface area (Å²) in [5, 5.41) is 0. The van der Waals surface area contributed by atoms with Crippen molar-refractivity contribution in [3.63, 3.8) is 0 Å². The van der Waals surface area contributed by atoms with Gasteiger partial charge in [-0.25, -0.2) is 9.78 Å². The number of nitrogens with zero attached hydrogens (tertiary/aromatic N) is 3. The first-order chi connectivity index (χ1) is 12.3. The molecule has 2 amide bonds. The Labute approximate surface area is 147 Å². The lowest BCUT2D eigenvalue weighted by atomic mass is 10.0. The van der Waals surface area contributed by atoms with Crippen molar-refractivity contribution in [2.45, 2.75) is 31.6 Å². The highest BCUT2D eigenvalue weighted by molar-refractivity contribution is 5.77. The van der Waals surface area contributed by atoms with Gasteiger partial charge in [0.1, 0.15) is 12.0 Å². The molecule has 4 rings (SSSR count). The van der Waals surface area contributed by atoms with Crippen LogP contribution in [0.25, 0.3) is 0 Å². The Kier molecular flexibility index (Phi) is 4.41. The van der Waals surface area contributed by atoms with E-state index in [0.717, 1.165) is 43.7 Å². The van der Waals surface area contributed by atoms with Gasteiger partial charge in [0.25, 0.3) is 0 Å². The predicted octanol–water partition coefficient (Wildman–Crippen LogP) is 3.63. The molecule has 0 bridgehead atoms. The van der Waals surface area contributed by atoms with E-state index in [2.05, 4.69) is 28.2 Å². The summed E-state index contributed by atoms with van der Waals surface area (Å²) in [6, 6.07) is -0.00316. The smallest absolute Gasteiger partial charge is 0.328 e. The van der Waals surface area contributed by atoms with Crippen molar-refractivity contribution in [3.8, 4) is 0 Å². The molecule has 1 aromatic heterocycles. The van der Waals surface area contributed by atoms with Gasteiger partial charge < -0.3 is 14.6 Å². The molecule has 1 saturated heterocycles. The van der Waals surface area contributed by atoms with Crippen LogP contribution in [-0.2, 0) is 4.74 Å². The summed E-state index contributed by atoms with van der Waals surface area (Å²) in [4.78, 5) is 23.5. The Bertz CT molecular complexity index is 745. The highest BCUT2D eigenvalue weighted by Gasteiger charge is 2.30. The number of carbonyl (C=O) groups is 1. The van der Waals surface area contributed by atoms with Crippen LogP contribution in [0.5, 0.6) is 0 Å². The van der Waals surface area contributed by atoms with Gasteiger partial charge in [-0.2, -0.15) is 0 Å². The Morgan fingerprint density at radius 1 is 1.44 bits per heavy atom. The highest BCUT2D eigenvalue weighted by atomic mass is 16.5. The maximum Gasteiger partial charge on any atom is 0.328 e. The van der Waals surface area contributed by atoms with E-state index in [4.69, 9.17) is 4.74 Å². The van der Waals surface area contributed by atoms with Crippen LogP contribution in [0.4, 0.5) is 4.79 Å². The van der Waals surface area contributed by atoms with Crippen LogP contribution in [0.1, 0.15) is 37.3 Å². The molecule has 0 aromatic carbocycles. The summed E-state index contributed by atoms with van der Waals surface area (Å²) in [6.45, 7) is 1.47. The SMILES string of the molecule is O=C(N1C=COC(CC2=CC=CCC2)=C1)N1CCC(c2cnc[nH]2)C1. The van der Waals surface area contributed by atoms with E-state index in [1.54, 1.807) is 23.7 Å². The standard InChI is InChI=1S/C19H22N4O2/c24-19(22-7-6-16(12-22)18-11-20-14-21-18)23-8-9-25-17(13-23)10-15-4-2-1-3-5-15/h1-2,4,8-9,11,13-14,16H,3,5-7,10,12H2,(H,20,21). The van der Waals surface area contributed by atoms with Gasteiger partial charge in [-0.3, -0.25) is 4.90 Å². The summed E-state index contributed by atoms with van der Waals surface area (Å²) in [6.07, 6.45) is 18.8. The minimum atomic E-state index is -0.00316. The molecule has 1 fully saturated rings. The van der Waals surface area contributed by atoms with E-state index in [1.165, 1.54) is 5.57 Å². The molecule has 0 radical (unpaired) electrons. The number of aromatic amines is 1. The van der Waals surface area contributed by atoms with Crippen LogP contribution in [0.15, 0.2) is 60.7 Å². The second kappa shape index (κ2) is 7.01. The van der Waals surface area contributed by atoms with Gasteiger partial charge in [0.15, 0.2) is 0 Å². The first-order valence-corrected chi connectivity index (χ1v) is 8.74. The lowest BCUT2D eigenvalue weighted by molar-refractivity contribution is 0.184. The molecule has 1 N–H and O–H groups in total. The van der Waals surface area contributed by atoms with Crippen molar-refractivity contribution >= 4 is 6.03 Å². The molecule has 0 spiro atoms. The fourth-order valence-corrected chi connectivity index (χ4v) is 3.48. The number of nitrogens with one attached hydrogen (secondary N) is 1. The Balaban J connectivity index is 1.39. The molecular formula is C19H22N4O2. The first-order valence-electron chi connectivity index (χ1n) is 8.74. The summed E-state index contributed by atoms with van der Waals surface area (Å²) in [5.74, 6) is 1.14. The van der Waals surface area contributed by atoms with Gasteiger partial charge in [-0.1, -0.05) is 23.8 Å². The number of ether oxygens (including phenoxy) is 1. The van der Waals surface area contributed by atoms with E-state index in [9.17, 15) is 4.79 Å². The van der Waals surface area contributed by atoms with E-state index >= 15 is 0 Å². The van der Waals surface area contributed by atoms with Crippen LogP contribution in [-0.4, -0.2) is 38.9 Å². The maximum absolute atomic E-state index is 12.8. The van der Waals surface area contributed by atoms with Gasteiger partial charge in [-0.15, -0.1) is 0 Å². The molecule has 6 nitrogen and oxygen atoms in total. The van der Waals surface area contributed by atoms with Crippen molar-refractivity contribution < 1.29 is 9.53 Å². The molecule has 2 aliphatic heterocycles. The first kappa shape index (κ1) is 15.7. The lowest BCUT2D eigenvalue weighted by Crippen LogP contribution is -2.37. The fourth-order valence-electron chi connectivity index (χ4n) is 3.48. The molecule has 25 heavy (non-hydrogen) atoms. The van der Waals surface area contributed by atoms with E-state index in [0.29, 0.717) is 12.5 Å². The molecule has 1 aromatic rings. The van der Waals surface area contributed by atoms with Gasteiger partial charge >= 0.3 is 6.03 Å². The molecule has 130 valence electrons. The van der Waals surface area contributed by atoms with Crippen LogP contribution in [0.2, 0.25) is 0 Å². The number of hydrogen-bond acceptors (Lipinski definition) is 3. The van der Waals surface area contributed by atoms with Crippen molar-refractivity contribution in [2.24, 2.45) is 0 Å². The molecule has 3 aliphatic rings. The summed E-state index contributed by atoms with van der Waals surface area (Å²) in [5.41, 5.74) is 2.43. The second-order valence-corrected chi connectivity index (χ2v) is 6.60. The number of urea groups is 1. The molecule has 1 aliphatic carbocycles. The van der Waals surface area contributed by atoms with Crippen LogP contribution >= 0.6 is 0 Å². The van der Waals surface area contributed by atoms with E-state index < -0.39 is 0 Å². The fraction of sp³-hybridized carbons (Fsp3) is 0.368. The second-order valence-electron chi connectivity index (χ2n) is 6.60. The largest absolute Gasteiger partial charge is 0.466 e. The number of H-pyrrole nitrogens is 1. The average molecular weight is 338 g/mol. The number of likely N-dealkylation sites (tertiary alicyclic amines) is 1. The average Bonchev–Trinajstić information content (AvgIpc) is 3.34. The number of aromatic nitrogens is 2. The third kappa shape index (κ3) is 3.52. The summed E-state index contributed by atoms with van der Waals surface area (Å²) in [7, 11) is 0. The summed E-state index contributed by atoms with van der Waals surface area (Å²) >= 11 is 0. The van der Waals surface area contributed by atoms with E-state index in [1.807, 2.05) is 17.3 Å². The number of rotatable bonds is 3. The van der Waals surface area contributed by atoms with Crippen molar-refractivity contribution in [2.75, 3.05) is 13.1 Å². The summed E-state index contributed by atoms with van der Waals surface area (Å²) < 4.78 is 5.59. The number of amides is 2. The van der Waals surface area contributed by atoms with Crippen LogP contribution in [0, 0.1) is 0 Å². The molecule has 3 heterocycles. The quantitative estimate of drug-likeness (QED) is 0.915. The Morgan fingerprint density at radius 2 is 2.40 bits per heavy atom. The zero-order valence-electron chi connectivity index (χ0n) is 14.1. The topological polar surface area (TPSA) is 61.5 Å². The van der Waals surface area contributed by atoms with E-state index in [-0.39, 0.29) is 6.03 Å². The van der Waals surface area contributed by atoms with Crippen molar-refractivity contribution in [1.29, 1.82) is 0 Å². The number of carbonyl (C=O) groups excluding carboxylic acids is 1. The number of hydrogen-bond donors (Lipinski definition) is 1. The normalized spacial score (nSPS) is 22.6. The Morgan fingerprint density at radius 3 is 3.20 bits per heavy atom. The van der Waals surface area contributed by atoms with Gasteiger partial charge in [0.05, 0.1) is 12.5 Å². The Hall–Kier alpha value is -2.76. The predicted molar refractivity (Wildman–Crippen MR) is 94.1 cm³/mol. The van der Waals surface area contributed by atoms with Crippen molar-refractivity contribution in [1.82, 2.24) is 19.8 Å². The van der Waals surface area contributed by atoms with Gasteiger partial charge in [0.2, 0.25) is 0 Å². The molecular weight excluding hydrogens is 316 g/mol. The van der Waals surface area contributed by atoms with Crippen LogP contribution < -0.4 is 0 Å². The maximum atomic E-state index is 12.8. The van der Waals surface area contributed by atoms with Gasteiger partial charge in [0, 0.05) is 43.5 Å². The minimum absolute atomic E-state index is 0.00316. The molecule has 1 atom stereocenters. The molecule has 6 heteroatoms. The number of imidazole rings is 1. The third-order valence-electron chi connectivity index (χ3n) is 4.86. The zero-order valence-corrected chi connectivity index (χ0v) is 14.1. The lowest BCUT2D eigenvalue weighted by Gasteiger charge is -2.25. The van der Waals surface area contributed by atoms with Gasteiger partial charge in [-0.05, 0) is 19.3 Å². The zero-order chi connectivity index (χ0) is 17.1. The molecule has 1 unspecified atom stereocenters. The highest BCUT2D eigenvalue weighted by Crippen LogP contribution is 2.28. The van der Waals surface area contributed by atoms with Crippen LogP contribution in [0.3, 0.4) is 0 Å². The molecule has 0 saturated carbocycles. The monoisotopic (exact) mass is 338 g/mol. The van der Waals surface area contributed by atoms with Crippen molar-refractivity contribution in [3.05, 3.63) is 66.4 Å². The minimum Gasteiger partial charge on any atom is -0.466 e. The number of allylic oxidation sites excluding steroid dienone is 4. The third-order valence-corrected chi connectivity index (χ3v) is 4.86.